The molecule has 0 N–H and O–H groups in total. The smallest absolute Gasteiger partial charge is 0.321 e. The van der Waals surface area contributed by atoms with Crippen LogP contribution in [-0.4, -0.2) is 23.3 Å². The summed E-state index contributed by atoms with van der Waals surface area (Å²) < 4.78 is 0. The Labute approximate surface area is 55.8 Å². The number of carbonyl (C=O) groups excluding carboxylic acids is 3. The molecule has 5 heteroatoms. The van der Waals surface area contributed by atoms with Gasteiger partial charge in [-0.3, -0.25) is 14.4 Å². The Morgan fingerprint density at radius 2 is 1.80 bits per heavy atom. The van der Waals surface area contributed by atoms with E-state index in [9.17, 15) is 14.4 Å². The zero-order valence-electron chi connectivity index (χ0n) is 4.81. The predicted octanol–water partition coefficient (Wildman–Crippen LogP) is -1.00. The zero-order chi connectivity index (χ0) is 7.56. The van der Waals surface area contributed by atoms with Crippen molar-refractivity contribution in [3.8, 4) is 0 Å². The molecule has 1 aliphatic rings. The van der Waals surface area contributed by atoms with E-state index in [1.54, 1.807) is 0 Å². The first-order chi connectivity index (χ1) is 4.75. The molecule has 0 atom stereocenters. The topological polar surface area (TPSA) is 63.7 Å². The third-order valence-electron chi connectivity index (χ3n) is 0.917. The fourth-order valence-corrected chi connectivity index (χ4v) is 0.534. The van der Waals surface area contributed by atoms with Crippen LogP contribution in [0.5, 0.6) is 0 Å². The maximum atomic E-state index is 10.5. The van der Waals surface area contributed by atoms with Crippen LogP contribution in [-0.2, 0) is 19.2 Å². The Bertz CT molecular complexity index is 202. The first kappa shape index (κ1) is 6.47. The Morgan fingerprint density at radius 1 is 1.30 bits per heavy atom. The van der Waals surface area contributed by atoms with Crippen molar-refractivity contribution in [2.75, 3.05) is 0 Å². The summed E-state index contributed by atoms with van der Waals surface area (Å²) in [6.45, 7) is 0.0167. The second-order valence-electron chi connectivity index (χ2n) is 1.51. The van der Waals surface area contributed by atoms with Gasteiger partial charge in [-0.05, 0) is 0 Å². The molecule has 0 saturated heterocycles. The van der Waals surface area contributed by atoms with E-state index in [4.69, 9.17) is 0 Å². The molecule has 0 radical (unpaired) electrons. The minimum Gasteiger partial charge on any atom is -0.333 e. The zero-order valence-corrected chi connectivity index (χ0v) is 4.81. The normalized spacial score (nSPS) is 16.2. The molecule has 5 nitrogen and oxygen atoms in total. The van der Waals surface area contributed by atoms with Gasteiger partial charge < -0.3 is 4.84 Å². The van der Waals surface area contributed by atoms with Crippen LogP contribution < -0.4 is 0 Å². The van der Waals surface area contributed by atoms with E-state index in [1.165, 1.54) is 0 Å². The second kappa shape index (κ2) is 2.30. The van der Waals surface area contributed by atoms with Crippen molar-refractivity contribution in [2.24, 2.45) is 0 Å². The van der Waals surface area contributed by atoms with Gasteiger partial charge in [-0.1, -0.05) is 5.06 Å². The van der Waals surface area contributed by atoms with E-state index < -0.39 is 11.8 Å². The molecule has 0 bridgehead atoms. The summed E-state index contributed by atoms with van der Waals surface area (Å²) in [7, 11) is 0. The van der Waals surface area contributed by atoms with Gasteiger partial charge in [0.2, 0.25) is 0 Å². The molecule has 0 aliphatic carbocycles. The number of hydrogen-bond acceptors (Lipinski definition) is 4. The van der Waals surface area contributed by atoms with Gasteiger partial charge in [-0.25, -0.2) is 0 Å². The van der Waals surface area contributed by atoms with E-state index in [1.807, 2.05) is 0 Å². The maximum absolute atomic E-state index is 10.5. The maximum Gasteiger partial charge on any atom is 0.321 e. The van der Waals surface area contributed by atoms with Gasteiger partial charge in [-0.15, -0.1) is 0 Å². The van der Waals surface area contributed by atoms with Crippen molar-refractivity contribution in [2.45, 2.75) is 0 Å². The van der Waals surface area contributed by atoms with Gasteiger partial charge in [0.1, 0.15) is 0 Å². The molecule has 0 unspecified atom stereocenters. The van der Waals surface area contributed by atoms with Gasteiger partial charge in [0.15, 0.2) is 0 Å². The van der Waals surface area contributed by atoms with Crippen molar-refractivity contribution in [1.82, 2.24) is 5.06 Å². The minimum absolute atomic E-state index is 0.0167. The first-order valence-electron chi connectivity index (χ1n) is 2.42. The molecule has 0 spiro atoms. The van der Waals surface area contributed by atoms with Gasteiger partial charge >= 0.3 is 6.47 Å². The highest BCUT2D eigenvalue weighted by atomic mass is 16.7. The monoisotopic (exact) mass is 141 g/mol. The Hall–Kier alpha value is -1.65. The molecule has 0 aromatic heterocycles. The fraction of sp³-hybridized carbons (Fsp3) is 0. The number of hydrogen-bond donors (Lipinski definition) is 0. The lowest BCUT2D eigenvalue weighted by Crippen LogP contribution is -2.29. The van der Waals surface area contributed by atoms with E-state index >= 15 is 0 Å². The van der Waals surface area contributed by atoms with Crippen LogP contribution in [0.15, 0.2) is 12.2 Å². The van der Waals surface area contributed by atoms with Crippen LogP contribution in [0.25, 0.3) is 0 Å². The molecule has 52 valence electrons. The highest BCUT2D eigenvalue weighted by Gasteiger charge is 2.24. The van der Waals surface area contributed by atoms with Crippen LogP contribution in [0.3, 0.4) is 0 Å². The molecule has 1 heterocycles. The summed E-state index contributed by atoms with van der Waals surface area (Å²) >= 11 is 0. The van der Waals surface area contributed by atoms with Crippen molar-refractivity contribution in [3.05, 3.63) is 12.2 Å². The fourth-order valence-electron chi connectivity index (χ4n) is 0.534. The summed E-state index contributed by atoms with van der Waals surface area (Å²) in [4.78, 5) is 34.7. The number of hydroxylamine groups is 2. The number of carbonyl (C=O) groups is 3. The van der Waals surface area contributed by atoms with Crippen LogP contribution in [0.1, 0.15) is 0 Å². The summed E-state index contributed by atoms with van der Waals surface area (Å²) in [5, 5.41) is 0.368. The highest BCUT2D eigenvalue weighted by molar-refractivity contribution is 6.12. The molecule has 0 aromatic carbocycles. The van der Waals surface area contributed by atoms with E-state index in [-0.39, 0.29) is 6.47 Å². The summed E-state index contributed by atoms with van der Waals surface area (Å²) in [5.74, 6) is -1.28. The summed E-state index contributed by atoms with van der Waals surface area (Å²) in [6.07, 6.45) is 2.04. The third-order valence-corrected chi connectivity index (χ3v) is 0.917. The van der Waals surface area contributed by atoms with E-state index in [0.717, 1.165) is 12.2 Å². The number of amides is 2. The molecule has 0 fully saturated rings. The van der Waals surface area contributed by atoms with Crippen molar-refractivity contribution in [1.29, 1.82) is 0 Å². The highest BCUT2D eigenvalue weighted by Crippen LogP contribution is 2.01. The van der Waals surface area contributed by atoms with Crippen LogP contribution in [0.2, 0.25) is 0 Å². The molecular weight excluding hydrogens is 138 g/mol. The quantitative estimate of drug-likeness (QED) is 0.365. The largest absolute Gasteiger partial charge is 0.333 e. The van der Waals surface area contributed by atoms with E-state index in [2.05, 4.69) is 4.84 Å². The van der Waals surface area contributed by atoms with Gasteiger partial charge in [-0.2, -0.15) is 0 Å². The van der Waals surface area contributed by atoms with Gasteiger partial charge in [0.05, 0.1) is 0 Å². The SMILES string of the molecule is O=CON1C(=O)C=CC1=O. The Balaban J connectivity index is 2.69. The van der Waals surface area contributed by atoms with Crippen molar-refractivity contribution < 1.29 is 19.2 Å². The average molecular weight is 141 g/mol. The second-order valence-corrected chi connectivity index (χ2v) is 1.51. The molecule has 0 aromatic rings. The predicted molar refractivity (Wildman–Crippen MR) is 28.1 cm³/mol. The minimum atomic E-state index is -0.642. The summed E-state index contributed by atoms with van der Waals surface area (Å²) in [5.41, 5.74) is 0. The van der Waals surface area contributed by atoms with E-state index in [0.29, 0.717) is 5.06 Å². The standard InChI is InChI=1S/C5H3NO4/c7-3-10-6-4(8)1-2-5(6)9/h1-3H. The first-order valence-corrected chi connectivity index (χ1v) is 2.42. The average Bonchev–Trinajstić information content (AvgIpc) is 2.20. The van der Waals surface area contributed by atoms with Crippen molar-refractivity contribution >= 4 is 18.3 Å². The lowest BCUT2D eigenvalue weighted by atomic mass is 10.6. The third kappa shape index (κ3) is 0.883. The number of nitrogens with zero attached hydrogens (tertiary/aromatic N) is 1. The number of imide groups is 1. The molecule has 10 heavy (non-hydrogen) atoms. The van der Waals surface area contributed by atoms with Gasteiger partial charge in [0.25, 0.3) is 11.8 Å². The molecule has 2 amide bonds. The van der Waals surface area contributed by atoms with Gasteiger partial charge in [0, 0.05) is 12.2 Å². The van der Waals surface area contributed by atoms with Crippen LogP contribution in [0.4, 0.5) is 0 Å². The molecule has 1 aliphatic heterocycles. The Morgan fingerprint density at radius 3 is 2.20 bits per heavy atom. The summed E-state index contributed by atoms with van der Waals surface area (Å²) in [6, 6.07) is 0. The molecule has 0 saturated carbocycles. The van der Waals surface area contributed by atoms with Crippen LogP contribution in [0, 0.1) is 0 Å². The van der Waals surface area contributed by atoms with Crippen molar-refractivity contribution in [3.63, 3.8) is 0 Å². The lowest BCUT2D eigenvalue weighted by molar-refractivity contribution is -0.186. The molecule has 1 rings (SSSR count). The Kier molecular flexibility index (Phi) is 1.49. The lowest BCUT2D eigenvalue weighted by Gasteiger charge is -2.06. The van der Waals surface area contributed by atoms with Crippen LogP contribution >= 0.6 is 0 Å². The number of rotatable bonds is 2. The molecular formula is C5H3NO4.